The van der Waals surface area contributed by atoms with Gasteiger partial charge >= 0.3 is 0 Å². The van der Waals surface area contributed by atoms with Gasteiger partial charge < -0.3 is 15.0 Å². The summed E-state index contributed by atoms with van der Waals surface area (Å²) in [5.41, 5.74) is 7.18. The van der Waals surface area contributed by atoms with Gasteiger partial charge in [-0.05, 0) is 30.2 Å². The van der Waals surface area contributed by atoms with Crippen LogP contribution >= 0.6 is 15.9 Å². The number of rotatable bonds is 6. The number of hydrogen-bond donors (Lipinski definition) is 1. The Balaban J connectivity index is 2.20. The van der Waals surface area contributed by atoms with Crippen LogP contribution < -0.4 is 10.5 Å². The van der Waals surface area contributed by atoms with E-state index in [0.29, 0.717) is 0 Å². The van der Waals surface area contributed by atoms with Gasteiger partial charge in [0.2, 0.25) is 0 Å². The normalized spacial score (nSPS) is 12.4. The lowest BCUT2D eigenvalue weighted by Crippen LogP contribution is -2.23. The van der Waals surface area contributed by atoms with Crippen molar-refractivity contribution in [2.24, 2.45) is 5.73 Å². The van der Waals surface area contributed by atoms with Crippen molar-refractivity contribution in [3.63, 3.8) is 0 Å². The molecule has 0 amide bonds. The fourth-order valence-electron chi connectivity index (χ4n) is 2.04. The summed E-state index contributed by atoms with van der Waals surface area (Å²) in [6.45, 7) is 2.85. The maximum atomic E-state index is 6.02. The second-order valence-electron chi connectivity index (χ2n) is 4.80. The zero-order valence-electron chi connectivity index (χ0n) is 11.8. The summed E-state index contributed by atoms with van der Waals surface area (Å²) in [5, 5.41) is 0. The highest BCUT2D eigenvalue weighted by Crippen LogP contribution is 2.23. The average molecular weight is 338 g/mol. The van der Waals surface area contributed by atoms with Crippen molar-refractivity contribution in [1.82, 2.24) is 9.55 Å². The van der Waals surface area contributed by atoms with Crippen LogP contribution in [0.4, 0.5) is 0 Å². The molecule has 0 aliphatic rings. The molecule has 0 saturated carbocycles. The SMILES string of the molecule is CCC(N)Cc1nccn1Cc1cc(OC)ccc1Br. The largest absolute Gasteiger partial charge is 0.497 e. The quantitative estimate of drug-likeness (QED) is 0.881. The van der Waals surface area contributed by atoms with Crippen molar-refractivity contribution in [2.75, 3.05) is 7.11 Å². The summed E-state index contributed by atoms with van der Waals surface area (Å²) in [6.07, 6.45) is 5.57. The molecule has 1 heterocycles. The summed E-state index contributed by atoms with van der Waals surface area (Å²) >= 11 is 3.58. The number of imidazole rings is 1. The highest BCUT2D eigenvalue weighted by molar-refractivity contribution is 9.10. The van der Waals surface area contributed by atoms with E-state index in [4.69, 9.17) is 10.5 Å². The first kappa shape index (κ1) is 15.1. The molecule has 0 bridgehead atoms. The van der Waals surface area contributed by atoms with Gasteiger partial charge in [0.1, 0.15) is 11.6 Å². The molecular formula is C15H20BrN3O. The fourth-order valence-corrected chi connectivity index (χ4v) is 2.41. The van der Waals surface area contributed by atoms with Gasteiger partial charge in [0.05, 0.1) is 7.11 Å². The van der Waals surface area contributed by atoms with Crippen molar-refractivity contribution in [2.45, 2.75) is 32.4 Å². The molecule has 2 N–H and O–H groups in total. The molecule has 2 rings (SSSR count). The van der Waals surface area contributed by atoms with Gasteiger partial charge in [-0.15, -0.1) is 0 Å². The maximum absolute atomic E-state index is 6.02. The highest BCUT2D eigenvalue weighted by Gasteiger charge is 2.10. The summed E-state index contributed by atoms with van der Waals surface area (Å²) in [6, 6.07) is 6.14. The number of aromatic nitrogens is 2. The van der Waals surface area contributed by atoms with E-state index in [0.717, 1.165) is 41.0 Å². The lowest BCUT2D eigenvalue weighted by atomic mass is 10.1. The number of benzene rings is 1. The minimum absolute atomic E-state index is 0.157. The number of hydrogen-bond acceptors (Lipinski definition) is 3. The first-order valence-corrected chi connectivity index (χ1v) is 7.51. The third kappa shape index (κ3) is 3.61. The summed E-state index contributed by atoms with van der Waals surface area (Å²) in [5.74, 6) is 1.88. The molecule has 1 aromatic carbocycles. The molecule has 1 atom stereocenters. The molecule has 20 heavy (non-hydrogen) atoms. The Hall–Kier alpha value is -1.33. The van der Waals surface area contributed by atoms with E-state index < -0.39 is 0 Å². The smallest absolute Gasteiger partial charge is 0.119 e. The van der Waals surface area contributed by atoms with Crippen LogP contribution in [0.3, 0.4) is 0 Å². The molecule has 0 fully saturated rings. The molecule has 0 spiro atoms. The summed E-state index contributed by atoms with van der Waals surface area (Å²) < 4.78 is 8.48. The van der Waals surface area contributed by atoms with E-state index in [-0.39, 0.29) is 6.04 Å². The van der Waals surface area contributed by atoms with Crippen LogP contribution in [0.1, 0.15) is 24.7 Å². The molecule has 0 saturated heterocycles. The molecule has 5 heteroatoms. The predicted molar refractivity (Wildman–Crippen MR) is 84.0 cm³/mol. The zero-order chi connectivity index (χ0) is 14.5. The number of nitrogens with zero attached hydrogens (tertiary/aromatic N) is 2. The van der Waals surface area contributed by atoms with Crippen molar-refractivity contribution < 1.29 is 4.74 Å². The molecule has 0 radical (unpaired) electrons. The van der Waals surface area contributed by atoms with Gasteiger partial charge in [-0.3, -0.25) is 0 Å². The molecule has 4 nitrogen and oxygen atoms in total. The second-order valence-corrected chi connectivity index (χ2v) is 5.66. The summed E-state index contributed by atoms with van der Waals surface area (Å²) in [4.78, 5) is 4.41. The Kier molecular flexibility index (Phi) is 5.20. The number of methoxy groups -OCH3 is 1. The van der Waals surface area contributed by atoms with Crippen LogP contribution in [0.2, 0.25) is 0 Å². The van der Waals surface area contributed by atoms with E-state index >= 15 is 0 Å². The van der Waals surface area contributed by atoms with Crippen LogP contribution in [-0.4, -0.2) is 22.7 Å². The highest BCUT2D eigenvalue weighted by atomic mass is 79.9. The van der Waals surface area contributed by atoms with Crippen molar-refractivity contribution >= 4 is 15.9 Å². The fraction of sp³-hybridized carbons (Fsp3) is 0.400. The lowest BCUT2D eigenvalue weighted by Gasteiger charge is -2.13. The maximum Gasteiger partial charge on any atom is 0.119 e. The van der Waals surface area contributed by atoms with Crippen molar-refractivity contribution in [3.8, 4) is 5.75 Å². The van der Waals surface area contributed by atoms with Crippen molar-refractivity contribution in [3.05, 3.63) is 46.5 Å². The van der Waals surface area contributed by atoms with Gasteiger partial charge in [-0.25, -0.2) is 4.98 Å². The molecule has 1 unspecified atom stereocenters. The molecule has 0 aliphatic heterocycles. The Morgan fingerprint density at radius 3 is 2.95 bits per heavy atom. The average Bonchev–Trinajstić information content (AvgIpc) is 2.88. The summed E-state index contributed by atoms with van der Waals surface area (Å²) in [7, 11) is 1.68. The predicted octanol–water partition coefficient (Wildman–Crippen LogP) is 2.98. The van der Waals surface area contributed by atoms with Crippen LogP contribution in [0.15, 0.2) is 35.1 Å². The lowest BCUT2D eigenvalue weighted by molar-refractivity contribution is 0.414. The Bertz CT molecular complexity index is 568. The van der Waals surface area contributed by atoms with Crippen LogP contribution in [0, 0.1) is 0 Å². The number of halogens is 1. The second kappa shape index (κ2) is 6.90. The molecule has 2 aromatic rings. The third-order valence-electron chi connectivity index (χ3n) is 3.36. The van der Waals surface area contributed by atoms with Gasteiger partial charge in [-0.1, -0.05) is 22.9 Å². The minimum Gasteiger partial charge on any atom is -0.497 e. The Morgan fingerprint density at radius 1 is 1.45 bits per heavy atom. The monoisotopic (exact) mass is 337 g/mol. The molecular weight excluding hydrogens is 318 g/mol. The van der Waals surface area contributed by atoms with E-state index in [1.807, 2.05) is 30.6 Å². The first-order valence-electron chi connectivity index (χ1n) is 6.72. The van der Waals surface area contributed by atoms with Gasteiger partial charge in [0.15, 0.2) is 0 Å². The third-order valence-corrected chi connectivity index (χ3v) is 4.14. The molecule has 0 aliphatic carbocycles. The van der Waals surface area contributed by atoms with Gasteiger partial charge in [0.25, 0.3) is 0 Å². The Morgan fingerprint density at radius 2 is 2.25 bits per heavy atom. The first-order chi connectivity index (χ1) is 9.63. The van der Waals surface area contributed by atoms with Crippen molar-refractivity contribution in [1.29, 1.82) is 0 Å². The molecule has 108 valence electrons. The van der Waals surface area contributed by atoms with Crippen LogP contribution in [0.5, 0.6) is 5.75 Å². The Labute approximate surface area is 128 Å². The van der Waals surface area contributed by atoms with Crippen LogP contribution in [-0.2, 0) is 13.0 Å². The number of nitrogens with two attached hydrogens (primary N) is 1. The standard InChI is InChI=1S/C15H20BrN3O/c1-3-12(17)9-15-18-6-7-19(15)10-11-8-13(20-2)4-5-14(11)16/h4-8,12H,3,9-10,17H2,1-2H3. The van der Waals surface area contributed by atoms with Gasteiger partial charge in [0, 0.05) is 35.9 Å². The van der Waals surface area contributed by atoms with E-state index in [1.54, 1.807) is 7.11 Å². The minimum atomic E-state index is 0.157. The zero-order valence-corrected chi connectivity index (χ0v) is 13.4. The van der Waals surface area contributed by atoms with Crippen LogP contribution in [0.25, 0.3) is 0 Å². The topological polar surface area (TPSA) is 53.1 Å². The van der Waals surface area contributed by atoms with Gasteiger partial charge in [-0.2, -0.15) is 0 Å². The number of ether oxygens (including phenoxy) is 1. The van der Waals surface area contributed by atoms with E-state index in [1.165, 1.54) is 0 Å². The molecule has 1 aromatic heterocycles. The van der Waals surface area contributed by atoms with E-state index in [2.05, 4.69) is 32.4 Å². The van der Waals surface area contributed by atoms with E-state index in [9.17, 15) is 0 Å².